The topological polar surface area (TPSA) is 32.8 Å². The molecule has 0 aliphatic carbocycles. The van der Waals surface area contributed by atoms with Crippen molar-refractivity contribution in [1.82, 2.24) is 0 Å². The van der Waals surface area contributed by atoms with E-state index in [9.17, 15) is 0 Å². The maximum atomic E-state index is 6.51. The molecule has 22 rings (SSSR count). The highest BCUT2D eigenvalue weighted by molar-refractivity contribution is 6.27. The van der Waals surface area contributed by atoms with Crippen LogP contribution >= 0.6 is 0 Å². The van der Waals surface area contributed by atoms with Crippen molar-refractivity contribution in [2.75, 3.05) is 9.80 Å². The molecule has 0 N–H and O–H groups in total. The minimum atomic E-state index is 0.909. The zero-order chi connectivity index (χ0) is 78.2. The first-order chi connectivity index (χ1) is 58.5. The van der Waals surface area contributed by atoms with Crippen molar-refractivity contribution in [3.8, 4) is 100 Å². The van der Waals surface area contributed by atoms with Crippen LogP contribution in [0.1, 0.15) is 0 Å². The standard InChI is InChI=1S/C66H43NO.C48H33NO/c1-3-12-44(13-4-1)46-22-26-48(27-23-46)50-30-35-53(36-31-50)67(54-37-32-51(33-38-54)49-28-24-47(25-29-49)45-14-5-2-6-15-45)55-39-41-60-59-40-34-52(42-63(59)57-16-7-8-17-58(57)64(60)43-55)56-19-11-20-62-61-18-9-10-21-65(61)68-66(56)62;1-3-10-34(11-4-1)36-18-20-37(21-19-36)39-24-30-42(31-25-39)49(41-28-22-38(23-29-41)35-12-5-2-6-13-35)43-32-26-40(27-33-43)44-15-9-16-46-45-14-7-8-17-47(45)50-48(44)46/h1-43H;1-33H. The van der Waals surface area contributed by atoms with E-state index < -0.39 is 0 Å². The van der Waals surface area contributed by atoms with E-state index in [0.29, 0.717) is 0 Å². The third kappa shape index (κ3) is 13.5. The summed E-state index contributed by atoms with van der Waals surface area (Å²) in [6, 6.07) is 165. The van der Waals surface area contributed by atoms with E-state index in [1.165, 1.54) is 110 Å². The molecule has 0 aliphatic heterocycles. The molecule has 118 heavy (non-hydrogen) atoms. The van der Waals surface area contributed by atoms with Gasteiger partial charge in [-0.1, -0.05) is 370 Å². The average Bonchev–Trinajstić information content (AvgIpc) is 1.04. The van der Waals surface area contributed by atoms with E-state index in [1.807, 2.05) is 18.2 Å². The van der Waals surface area contributed by atoms with Gasteiger partial charge in [0.15, 0.2) is 0 Å². The minimum Gasteiger partial charge on any atom is -0.455 e. The molecule has 0 fully saturated rings. The Hall–Kier alpha value is -15.6. The molecule has 20 aromatic carbocycles. The maximum absolute atomic E-state index is 6.51. The molecule has 554 valence electrons. The lowest BCUT2D eigenvalue weighted by Gasteiger charge is -2.27. The highest BCUT2D eigenvalue weighted by Gasteiger charge is 2.21. The summed E-state index contributed by atoms with van der Waals surface area (Å²) in [6.45, 7) is 0. The molecule has 0 unspecified atom stereocenters. The molecular formula is C114H76N2O2. The number of benzene rings is 20. The normalized spacial score (nSPS) is 11.4. The van der Waals surface area contributed by atoms with E-state index in [4.69, 9.17) is 8.83 Å². The first kappa shape index (κ1) is 70.3. The van der Waals surface area contributed by atoms with Gasteiger partial charge in [-0.25, -0.2) is 0 Å². The molecule has 0 radical (unpaired) electrons. The van der Waals surface area contributed by atoms with Crippen LogP contribution in [0, 0.1) is 0 Å². The number of fused-ring (bicyclic) bond motifs is 12. The SMILES string of the molecule is c1ccc(-c2ccc(-c3ccc(N(c4ccc(-c5ccc(-c6ccccc6)cc5)cc4)c4ccc5c6ccc(-c7cccc8c7oc7ccccc78)cc6c6ccccc6c5c4)cc3)cc2)cc1.c1ccc(-c2ccc(-c3ccc(N(c4ccc(-c5ccccc5)cc4)c4ccc(-c5cccc6c5oc5ccccc56)cc4)cc3)cc2)cc1. The molecule has 2 aromatic heterocycles. The lowest BCUT2D eigenvalue weighted by Crippen LogP contribution is -2.10. The molecule has 4 heteroatoms. The van der Waals surface area contributed by atoms with Crippen molar-refractivity contribution < 1.29 is 8.83 Å². The molecule has 0 saturated carbocycles. The summed E-state index contributed by atoms with van der Waals surface area (Å²) in [7, 11) is 0. The number of furan rings is 2. The Kier molecular flexibility index (Phi) is 18.3. The fraction of sp³-hybridized carbons (Fsp3) is 0. The zero-order valence-electron chi connectivity index (χ0n) is 64.6. The number of hydrogen-bond donors (Lipinski definition) is 0. The Balaban J connectivity index is 0.000000154. The van der Waals surface area contributed by atoms with Gasteiger partial charge in [0.05, 0.1) is 0 Å². The minimum absolute atomic E-state index is 0.909. The van der Waals surface area contributed by atoms with Gasteiger partial charge in [-0.3, -0.25) is 0 Å². The van der Waals surface area contributed by atoms with Gasteiger partial charge in [0.1, 0.15) is 22.3 Å². The van der Waals surface area contributed by atoms with Crippen molar-refractivity contribution in [3.63, 3.8) is 0 Å². The molecule has 0 atom stereocenters. The van der Waals surface area contributed by atoms with Crippen LogP contribution in [-0.4, -0.2) is 0 Å². The summed E-state index contributed by atoms with van der Waals surface area (Å²) in [5.74, 6) is 0. The van der Waals surface area contributed by atoms with Crippen molar-refractivity contribution in [1.29, 1.82) is 0 Å². The van der Waals surface area contributed by atoms with E-state index in [1.54, 1.807) is 0 Å². The molecule has 0 saturated heterocycles. The van der Waals surface area contributed by atoms with E-state index in [-0.39, 0.29) is 0 Å². The molecule has 0 spiro atoms. The smallest absolute Gasteiger partial charge is 0.143 e. The van der Waals surface area contributed by atoms with Gasteiger partial charge < -0.3 is 18.6 Å². The molecule has 0 amide bonds. The van der Waals surface area contributed by atoms with Crippen molar-refractivity contribution in [3.05, 3.63) is 461 Å². The zero-order valence-corrected chi connectivity index (χ0v) is 64.6. The van der Waals surface area contributed by atoms with Crippen LogP contribution in [0.5, 0.6) is 0 Å². The summed E-state index contributed by atoms with van der Waals surface area (Å²) in [6.07, 6.45) is 0. The Labute approximate surface area is 685 Å². The van der Waals surface area contributed by atoms with Crippen molar-refractivity contribution >= 4 is 110 Å². The highest BCUT2D eigenvalue weighted by Crippen LogP contribution is 2.46. The van der Waals surface area contributed by atoms with E-state index in [0.717, 1.165) is 100 Å². The van der Waals surface area contributed by atoms with Crippen LogP contribution in [-0.2, 0) is 0 Å². The highest BCUT2D eigenvalue weighted by atomic mass is 16.3. The molecule has 22 aromatic rings. The second-order valence-electron chi connectivity index (χ2n) is 30.2. The molecular weight excluding hydrogens is 1430 g/mol. The van der Waals surface area contributed by atoms with E-state index >= 15 is 0 Å². The number of para-hydroxylation sites is 4. The summed E-state index contributed by atoms with van der Waals surface area (Å²) in [5.41, 5.74) is 31.4. The van der Waals surface area contributed by atoms with Gasteiger partial charge in [-0.2, -0.15) is 0 Å². The van der Waals surface area contributed by atoms with Gasteiger partial charge in [0, 0.05) is 66.8 Å². The number of rotatable bonds is 15. The number of hydrogen-bond acceptors (Lipinski definition) is 4. The lowest BCUT2D eigenvalue weighted by atomic mass is 9.91. The summed E-state index contributed by atoms with van der Waals surface area (Å²) in [5, 5.41) is 11.9. The predicted octanol–water partition coefficient (Wildman–Crippen LogP) is 32.6. The van der Waals surface area contributed by atoms with E-state index in [2.05, 4.69) is 453 Å². The largest absolute Gasteiger partial charge is 0.455 e. The van der Waals surface area contributed by atoms with Crippen LogP contribution in [0.2, 0.25) is 0 Å². The third-order valence-electron chi connectivity index (χ3n) is 23.2. The maximum Gasteiger partial charge on any atom is 0.143 e. The second-order valence-corrected chi connectivity index (χ2v) is 30.2. The van der Waals surface area contributed by atoms with Crippen molar-refractivity contribution in [2.45, 2.75) is 0 Å². The third-order valence-corrected chi connectivity index (χ3v) is 23.2. The van der Waals surface area contributed by atoms with Crippen molar-refractivity contribution in [2.24, 2.45) is 0 Å². The monoisotopic (exact) mass is 1500 g/mol. The second kappa shape index (κ2) is 30.7. The van der Waals surface area contributed by atoms with Gasteiger partial charge in [-0.15, -0.1) is 0 Å². The number of anilines is 6. The number of nitrogens with zero attached hydrogens (tertiary/aromatic N) is 2. The fourth-order valence-electron chi connectivity index (χ4n) is 17.2. The first-order valence-electron chi connectivity index (χ1n) is 40.3. The van der Waals surface area contributed by atoms with Gasteiger partial charge >= 0.3 is 0 Å². The van der Waals surface area contributed by atoms with Crippen LogP contribution < -0.4 is 9.80 Å². The molecule has 4 nitrogen and oxygen atoms in total. The van der Waals surface area contributed by atoms with Gasteiger partial charge in [0.25, 0.3) is 0 Å². The molecule has 0 bridgehead atoms. The Bertz CT molecular complexity index is 7230. The molecule has 2 heterocycles. The molecule has 0 aliphatic rings. The average molecular weight is 1510 g/mol. The lowest BCUT2D eigenvalue weighted by molar-refractivity contribution is 0.669. The predicted molar refractivity (Wildman–Crippen MR) is 498 cm³/mol. The van der Waals surface area contributed by atoms with Gasteiger partial charge in [-0.05, 0) is 212 Å². The van der Waals surface area contributed by atoms with Crippen LogP contribution in [0.15, 0.2) is 470 Å². The first-order valence-corrected chi connectivity index (χ1v) is 40.3. The summed E-state index contributed by atoms with van der Waals surface area (Å²) in [4.78, 5) is 4.71. The van der Waals surface area contributed by atoms with Crippen LogP contribution in [0.4, 0.5) is 34.1 Å². The van der Waals surface area contributed by atoms with Gasteiger partial charge in [0.2, 0.25) is 0 Å². The summed E-state index contributed by atoms with van der Waals surface area (Å²) < 4.78 is 12.9. The summed E-state index contributed by atoms with van der Waals surface area (Å²) >= 11 is 0. The van der Waals surface area contributed by atoms with Crippen LogP contribution in [0.3, 0.4) is 0 Å². The Morgan fingerprint density at radius 1 is 0.127 bits per heavy atom. The quantitative estimate of drug-likeness (QED) is 0.0958. The fourth-order valence-corrected chi connectivity index (χ4v) is 17.2. The van der Waals surface area contributed by atoms with Crippen LogP contribution in [0.25, 0.3) is 176 Å². The Morgan fingerprint density at radius 3 is 0.686 bits per heavy atom. The Morgan fingerprint density at radius 2 is 0.347 bits per heavy atom.